The Bertz CT molecular complexity index is 414. The van der Waals surface area contributed by atoms with Crippen LogP contribution in [0.15, 0.2) is 12.1 Å². The van der Waals surface area contributed by atoms with Crippen molar-refractivity contribution >= 4 is 12.3 Å². The summed E-state index contributed by atoms with van der Waals surface area (Å²) in [6.07, 6.45) is 1.78. The van der Waals surface area contributed by atoms with Crippen LogP contribution in [0.3, 0.4) is 0 Å². The quantitative estimate of drug-likeness (QED) is 0.442. The summed E-state index contributed by atoms with van der Waals surface area (Å²) in [6.45, 7) is 4.25. The number of aldehydes is 1. The Labute approximate surface area is 107 Å². The number of benzene rings is 1. The molecule has 0 aliphatic heterocycles. The Morgan fingerprint density at radius 2 is 1.89 bits per heavy atom. The lowest BCUT2D eigenvalue weighted by atomic mass is 10.1. The third kappa shape index (κ3) is 3.87. The van der Waals surface area contributed by atoms with E-state index in [4.69, 9.17) is 4.74 Å². The highest BCUT2D eigenvalue weighted by atomic mass is 16.5. The van der Waals surface area contributed by atoms with E-state index in [1.807, 2.05) is 13.8 Å². The SMILES string of the molecule is COC(=O)CCCOc1c(C)cc(C=O)cc1C. The molecule has 0 aliphatic carbocycles. The molecule has 4 heteroatoms. The van der Waals surface area contributed by atoms with Crippen LogP contribution in [-0.2, 0) is 9.53 Å². The third-order valence-electron chi connectivity index (χ3n) is 2.62. The summed E-state index contributed by atoms with van der Waals surface area (Å²) in [5.41, 5.74) is 2.50. The van der Waals surface area contributed by atoms with Gasteiger partial charge in [0.2, 0.25) is 0 Å². The van der Waals surface area contributed by atoms with Crippen LogP contribution < -0.4 is 4.74 Å². The number of hydrogen-bond donors (Lipinski definition) is 0. The minimum atomic E-state index is -0.233. The zero-order valence-electron chi connectivity index (χ0n) is 11.0. The number of ether oxygens (including phenoxy) is 2. The number of methoxy groups -OCH3 is 1. The molecule has 1 aromatic rings. The van der Waals surface area contributed by atoms with Crippen LogP contribution in [0.1, 0.15) is 34.3 Å². The van der Waals surface area contributed by atoms with Crippen molar-refractivity contribution in [3.8, 4) is 5.75 Å². The van der Waals surface area contributed by atoms with Crippen LogP contribution in [-0.4, -0.2) is 26.0 Å². The van der Waals surface area contributed by atoms with Gasteiger partial charge in [-0.25, -0.2) is 0 Å². The lowest BCUT2D eigenvalue weighted by molar-refractivity contribution is -0.140. The molecule has 0 amide bonds. The van der Waals surface area contributed by atoms with Crippen molar-refractivity contribution in [3.05, 3.63) is 28.8 Å². The van der Waals surface area contributed by atoms with Crippen molar-refractivity contribution < 1.29 is 19.1 Å². The molecule has 0 aromatic heterocycles. The Morgan fingerprint density at radius 1 is 1.28 bits per heavy atom. The van der Waals surface area contributed by atoms with Crippen LogP contribution >= 0.6 is 0 Å². The molecule has 0 unspecified atom stereocenters. The van der Waals surface area contributed by atoms with E-state index in [2.05, 4.69) is 4.74 Å². The molecular formula is C14H18O4. The van der Waals surface area contributed by atoms with Crippen LogP contribution in [0.25, 0.3) is 0 Å². The molecule has 18 heavy (non-hydrogen) atoms. The number of hydrogen-bond acceptors (Lipinski definition) is 4. The number of carbonyl (C=O) groups excluding carboxylic acids is 2. The first-order chi connectivity index (χ1) is 8.58. The van der Waals surface area contributed by atoms with Gasteiger partial charge in [0.05, 0.1) is 13.7 Å². The summed E-state index contributed by atoms with van der Waals surface area (Å²) in [7, 11) is 1.37. The largest absolute Gasteiger partial charge is 0.493 e. The van der Waals surface area contributed by atoms with E-state index in [-0.39, 0.29) is 5.97 Å². The van der Waals surface area contributed by atoms with Gasteiger partial charge in [0.25, 0.3) is 0 Å². The molecule has 0 saturated heterocycles. The molecule has 0 saturated carbocycles. The molecule has 0 fully saturated rings. The molecule has 98 valence electrons. The van der Waals surface area contributed by atoms with E-state index in [0.29, 0.717) is 25.0 Å². The molecule has 0 atom stereocenters. The Hall–Kier alpha value is -1.84. The van der Waals surface area contributed by atoms with Crippen molar-refractivity contribution in [2.45, 2.75) is 26.7 Å². The fraction of sp³-hybridized carbons (Fsp3) is 0.429. The molecule has 1 rings (SSSR count). The third-order valence-corrected chi connectivity index (χ3v) is 2.62. The van der Waals surface area contributed by atoms with Crippen molar-refractivity contribution in [1.82, 2.24) is 0 Å². The van der Waals surface area contributed by atoms with Crippen molar-refractivity contribution in [3.63, 3.8) is 0 Å². The van der Waals surface area contributed by atoms with Gasteiger partial charge in [-0.3, -0.25) is 9.59 Å². The summed E-state index contributed by atoms with van der Waals surface area (Å²) in [6, 6.07) is 3.57. The van der Waals surface area contributed by atoms with Crippen LogP contribution in [0.2, 0.25) is 0 Å². The molecule has 4 nitrogen and oxygen atoms in total. The molecule has 0 aliphatic rings. The van der Waals surface area contributed by atoms with E-state index < -0.39 is 0 Å². The predicted molar refractivity (Wildman–Crippen MR) is 68.0 cm³/mol. The first-order valence-electron chi connectivity index (χ1n) is 5.84. The normalized spacial score (nSPS) is 9.94. The van der Waals surface area contributed by atoms with E-state index in [1.165, 1.54) is 7.11 Å². The summed E-state index contributed by atoms with van der Waals surface area (Å²) in [5, 5.41) is 0. The second kappa shape index (κ2) is 6.79. The molecule has 0 N–H and O–H groups in total. The predicted octanol–water partition coefficient (Wildman–Crippen LogP) is 2.45. The van der Waals surface area contributed by atoms with Gasteiger partial charge in [0.15, 0.2) is 0 Å². The maximum Gasteiger partial charge on any atom is 0.305 e. The maximum atomic E-state index is 10.9. The zero-order chi connectivity index (χ0) is 13.5. The lowest BCUT2D eigenvalue weighted by Gasteiger charge is -2.12. The first kappa shape index (κ1) is 14.2. The standard InChI is InChI=1S/C14H18O4/c1-10-7-12(9-15)8-11(2)14(10)18-6-4-5-13(16)17-3/h7-9H,4-6H2,1-3H3. The van der Waals surface area contributed by atoms with Crippen LogP contribution in [0.4, 0.5) is 0 Å². The molecule has 1 aromatic carbocycles. The average Bonchev–Trinajstić information content (AvgIpc) is 2.36. The van der Waals surface area contributed by atoms with Gasteiger partial charge in [-0.15, -0.1) is 0 Å². The van der Waals surface area contributed by atoms with Gasteiger partial charge in [0, 0.05) is 12.0 Å². The highest BCUT2D eigenvalue weighted by molar-refractivity contribution is 5.76. The van der Waals surface area contributed by atoms with Crippen molar-refractivity contribution in [2.75, 3.05) is 13.7 Å². The molecule has 0 spiro atoms. The summed E-state index contributed by atoms with van der Waals surface area (Å²) in [5.74, 6) is 0.550. The monoisotopic (exact) mass is 250 g/mol. The van der Waals surface area contributed by atoms with E-state index in [9.17, 15) is 9.59 Å². The fourth-order valence-electron chi connectivity index (χ4n) is 1.77. The van der Waals surface area contributed by atoms with E-state index >= 15 is 0 Å². The summed E-state index contributed by atoms with van der Waals surface area (Å²) in [4.78, 5) is 21.6. The minimum absolute atomic E-state index is 0.233. The minimum Gasteiger partial charge on any atom is -0.493 e. The van der Waals surface area contributed by atoms with Gasteiger partial charge in [-0.05, 0) is 43.5 Å². The van der Waals surface area contributed by atoms with Crippen LogP contribution in [0.5, 0.6) is 5.75 Å². The molecular weight excluding hydrogens is 232 g/mol. The maximum absolute atomic E-state index is 10.9. The van der Waals surface area contributed by atoms with Crippen LogP contribution in [0, 0.1) is 13.8 Å². The number of esters is 1. The van der Waals surface area contributed by atoms with Gasteiger partial charge in [0.1, 0.15) is 12.0 Å². The highest BCUT2D eigenvalue weighted by Gasteiger charge is 2.07. The molecule has 0 bridgehead atoms. The number of rotatable bonds is 6. The number of carbonyl (C=O) groups is 2. The van der Waals surface area contributed by atoms with Gasteiger partial charge in [-0.2, -0.15) is 0 Å². The van der Waals surface area contributed by atoms with E-state index in [1.54, 1.807) is 12.1 Å². The average molecular weight is 250 g/mol. The Balaban J connectivity index is 2.57. The van der Waals surface area contributed by atoms with Crippen molar-refractivity contribution in [2.24, 2.45) is 0 Å². The second-order valence-electron chi connectivity index (χ2n) is 4.13. The highest BCUT2D eigenvalue weighted by Crippen LogP contribution is 2.24. The molecule has 0 radical (unpaired) electrons. The summed E-state index contributed by atoms with van der Waals surface area (Å²) < 4.78 is 10.2. The topological polar surface area (TPSA) is 52.6 Å². The Kier molecular flexibility index (Phi) is 5.36. The second-order valence-corrected chi connectivity index (χ2v) is 4.13. The van der Waals surface area contributed by atoms with Crippen molar-refractivity contribution in [1.29, 1.82) is 0 Å². The number of aryl methyl sites for hydroxylation is 2. The summed E-state index contributed by atoms with van der Waals surface area (Å²) >= 11 is 0. The zero-order valence-corrected chi connectivity index (χ0v) is 11.0. The van der Waals surface area contributed by atoms with Gasteiger partial charge in [-0.1, -0.05) is 0 Å². The lowest BCUT2D eigenvalue weighted by Crippen LogP contribution is -2.06. The van der Waals surface area contributed by atoms with Gasteiger partial charge >= 0.3 is 5.97 Å². The smallest absolute Gasteiger partial charge is 0.305 e. The fourth-order valence-corrected chi connectivity index (χ4v) is 1.77. The van der Waals surface area contributed by atoms with Gasteiger partial charge < -0.3 is 9.47 Å². The Morgan fingerprint density at radius 3 is 2.39 bits per heavy atom. The molecule has 0 heterocycles. The van der Waals surface area contributed by atoms with E-state index in [0.717, 1.165) is 23.2 Å². The first-order valence-corrected chi connectivity index (χ1v) is 5.84.